The minimum absolute atomic E-state index is 0.0734. The first-order valence-electron chi connectivity index (χ1n) is 5.27. The Bertz CT molecular complexity index is 664. The fourth-order valence-electron chi connectivity index (χ4n) is 1.24. The number of aromatic nitrogens is 1. The first-order chi connectivity index (χ1) is 9.58. The van der Waals surface area contributed by atoms with Gasteiger partial charge >= 0.3 is 11.9 Å². The van der Waals surface area contributed by atoms with E-state index in [-0.39, 0.29) is 17.2 Å². The summed E-state index contributed by atoms with van der Waals surface area (Å²) < 4.78 is 4.79. The van der Waals surface area contributed by atoms with E-state index in [4.69, 9.17) is 10.2 Å². The second-order valence-corrected chi connectivity index (χ2v) is 3.49. The molecule has 9 nitrogen and oxygen atoms in total. The Labute approximate surface area is 111 Å². The van der Waals surface area contributed by atoms with E-state index in [2.05, 4.69) is 15.0 Å². The Morgan fingerprint density at radius 3 is 2.85 bits per heavy atom. The highest BCUT2D eigenvalue weighted by Crippen LogP contribution is 2.15. The summed E-state index contributed by atoms with van der Waals surface area (Å²) in [5, 5.41) is 13.8. The Morgan fingerprint density at radius 1 is 1.45 bits per heavy atom. The minimum Gasteiger partial charge on any atom is -0.397 e. The van der Waals surface area contributed by atoms with Crippen molar-refractivity contribution in [1.82, 2.24) is 4.98 Å². The van der Waals surface area contributed by atoms with E-state index >= 15 is 0 Å². The normalized spacial score (nSPS) is 11.1. The van der Waals surface area contributed by atoms with Gasteiger partial charge in [-0.2, -0.15) is 0 Å². The highest BCUT2D eigenvalue weighted by atomic mass is 16.7. The van der Waals surface area contributed by atoms with Crippen LogP contribution < -0.4 is 5.73 Å². The molecule has 0 aromatic carbocycles. The summed E-state index contributed by atoms with van der Waals surface area (Å²) in [4.78, 5) is 29.5. The summed E-state index contributed by atoms with van der Waals surface area (Å²) >= 11 is 0. The Kier molecular flexibility index (Phi) is 3.70. The lowest BCUT2D eigenvalue weighted by molar-refractivity contribution is -0.402. The lowest BCUT2D eigenvalue weighted by Crippen LogP contribution is -2.14. The Balaban J connectivity index is 2.07. The summed E-state index contributed by atoms with van der Waals surface area (Å²) in [6.45, 7) is 0. The number of furan rings is 1. The third-order valence-corrected chi connectivity index (χ3v) is 2.15. The molecule has 0 aliphatic heterocycles. The zero-order valence-electron chi connectivity index (χ0n) is 9.92. The topological polar surface area (TPSA) is 134 Å². The molecule has 0 unspecified atom stereocenters. The third-order valence-electron chi connectivity index (χ3n) is 2.15. The fraction of sp³-hybridized carbons (Fsp3) is 0. The van der Waals surface area contributed by atoms with Crippen molar-refractivity contribution < 1.29 is 19.0 Å². The summed E-state index contributed by atoms with van der Waals surface area (Å²) in [6, 6.07) is 5.40. The molecule has 2 heterocycles. The highest BCUT2D eigenvalue weighted by molar-refractivity contribution is 5.96. The summed E-state index contributed by atoms with van der Waals surface area (Å²) in [5.41, 5.74) is 5.66. The van der Waals surface area contributed by atoms with Crippen LogP contribution in [0, 0.1) is 10.1 Å². The monoisotopic (exact) mass is 276 g/mol. The van der Waals surface area contributed by atoms with Gasteiger partial charge in [0, 0.05) is 12.4 Å². The van der Waals surface area contributed by atoms with Crippen molar-refractivity contribution in [3.05, 3.63) is 58.1 Å². The largest absolute Gasteiger partial charge is 0.433 e. The Morgan fingerprint density at radius 2 is 2.25 bits per heavy atom. The number of rotatable bonds is 4. The Hall–Kier alpha value is -3.23. The van der Waals surface area contributed by atoms with E-state index in [1.54, 1.807) is 6.07 Å². The quantitative estimate of drug-likeness (QED) is 0.290. The lowest BCUT2D eigenvalue weighted by Gasteiger charge is -1.98. The van der Waals surface area contributed by atoms with Crippen molar-refractivity contribution in [3.63, 3.8) is 0 Å². The molecular weight excluding hydrogens is 268 g/mol. The van der Waals surface area contributed by atoms with Gasteiger partial charge in [-0.1, -0.05) is 5.16 Å². The average Bonchev–Trinajstić information content (AvgIpc) is 2.95. The van der Waals surface area contributed by atoms with Crippen LogP contribution in [-0.4, -0.2) is 21.7 Å². The number of carbonyl (C=O) groups excluding carboxylic acids is 1. The molecule has 102 valence electrons. The van der Waals surface area contributed by atoms with Crippen molar-refractivity contribution in [2.45, 2.75) is 0 Å². The van der Waals surface area contributed by atoms with Crippen molar-refractivity contribution in [1.29, 1.82) is 0 Å². The summed E-state index contributed by atoms with van der Waals surface area (Å²) in [5.74, 6) is -1.62. The van der Waals surface area contributed by atoms with Crippen LogP contribution in [0.25, 0.3) is 0 Å². The number of pyridine rings is 1. The number of oxime groups is 1. The maximum absolute atomic E-state index is 11.5. The summed E-state index contributed by atoms with van der Waals surface area (Å²) in [7, 11) is 0. The molecule has 0 fully saturated rings. The number of amidine groups is 1. The van der Waals surface area contributed by atoms with Gasteiger partial charge in [0.05, 0.1) is 11.6 Å². The molecule has 0 amide bonds. The second-order valence-electron chi connectivity index (χ2n) is 3.49. The first-order valence-corrected chi connectivity index (χ1v) is 5.27. The number of nitrogens with two attached hydrogens (primary N) is 1. The minimum atomic E-state index is -0.762. The lowest BCUT2D eigenvalue weighted by atomic mass is 10.3. The second kappa shape index (κ2) is 5.61. The molecule has 2 N–H and O–H groups in total. The number of carbonyl (C=O) groups is 1. The number of hydrogen-bond donors (Lipinski definition) is 1. The molecule has 0 saturated heterocycles. The van der Waals surface area contributed by atoms with Crippen LogP contribution in [0.1, 0.15) is 16.1 Å². The van der Waals surface area contributed by atoms with E-state index in [9.17, 15) is 14.9 Å². The van der Waals surface area contributed by atoms with Crippen LogP contribution in [-0.2, 0) is 4.84 Å². The SMILES string of the molecule is N/C(=N\OC(=O)c1cccnc1)c1ccc([N+](=O)[O-])o1. The van der Waals surface area contributed by atoms with E-state index in [0.717, 1.165) is 6.07 Å². The zero-order chi connectivity index (χ0) is 14.5. The standard InChI is InChI=1S/C11H8N4O5/c12-10(8-3-4-9(19-8)15(17)18)14-20-11(16)7-2-1-5-13-6-7/h1-6H,(H2,12,14). The number of hydrogen-bond acceptors (Lipinski definition) is 7. The van der Waals surface area contributed by atoms with E-state index in [1.165, 1.54) is 24.5 Å². The molecule has 0 radical (unpaired) electrons. The van der Waals surface area contributed by atoms with E-state index < -0.39 is 16.8 Å². The first kappa shape index (κ1) is 13.2. The molecule has 0 saturated carbocycles. The van der Waals surface area contributed by atoms with E-state index in [1.807, 2.05) is 0 Å². The molecule has 2 aromatic rings. The van der Waals surface area contributed by atoms with Crippen LogP contribution in [0.2, 0.25) is 0 Å². The van der Waals surface area contributed by atoms with Gasteiger partial charge in [-0.05, 0) is 18.2 Å². The van der Waals surface area contributed by atoms with Gasteiger partial charge < -0.3 is 15.0 Å². The van der Waals surface area contributed by atoms with Crippen LogP contribution in [0.15, 0.2) is 46.2 Å². The fourth-order valence-corrected chi connectivity index (χ4v) is 1.24. The molecule has 2 rings (SSSR count). The van der Waals surface area contributed by atoms with Crippen LogP contribution in [0.5, 0.6) is 0 Å². The predicted molar refractivity (Wildman–Crippen MR) is 65.7 cm³/mol. The molecular formula is C11H8N4O5. The van der Waals surface area contributed by atoms with Crippen LogP contribution in [0.4, 0.5) is 5.88 Å². The van der Waals surface area contributed by atoms with Gasteiger partial charge in [-0.3, -0.25) is 15.1 Å². The molecule has 0 atom stereocenters. The molecule has 9 heteroatoms. The van der Waals surface area contributed by atoms with Gasteiger partial charge in [-0.15, -0.1) is 0 Å². The number of nitrogens with zero attached hydrogens (tertiary/aromatic N) is 3. The van der Waals surface area contributed by atoms with Crippen LogP contribution in [0.3, 0.4) is 0 Å². The van der Waals surface area contributed by atoms with Gasteiger partial charge in [-0.25, -0.2) is 4.79 Å². The average molecular weight is 276 g/mol. The summed E-state index contributed by atoms with van der Waals surface area (Å²) in [6.07, 6.45) is 2.79. The number of nitro groups is 1. The molecule has 2 aromatic heterocycles. The van der Waals surface area contributed by atoms with Crippen molar-refractivity contribution in [2.24, 2.45) is 10.9 Å². The van der Waals surface area contributed by atoms with Gasteiger partial charge in [0.2, 0.25) is 5.84 Å². The maximum Gasteiger partial charge on any atom is 0.433 e. The molecule has 0 bridgehead atoms. The van der Waals surface area contributed by atoms with Crippen molar-refractivity contribution >= 4 is 17.7 Å². The van der Waals surface area contributed by atoms with Crippen LogP contribution >= 0.6 is 0 Å². The highest BCUT2D eigenvalue weighted by Gasteiger charge is 2.15. The smallest absolute Gasteiger partial charge is 0.397 e. The molecule has 0 spiro atoms. The molecule has 0 aliphatic rings. The molecule has 20 heavy (non-hydrogen) atoms. The van der Waals surface area contributed by atoms with Gasteiger partial charge in [0.25, 0.3) is 0 Å². The maximum atomic E-state index is 11.5. The van der Waals surface area contributed by atoms with E-state index in [0.29, 0.717) is 0 Å². The van der Waals surface area contributed by atoms with Crippen molar-refractivity contribution in [2.75, 3.05) is 0 Å². The zero-order valence-corrected chi connectivity index (χ0v) is 9.92. The van der Waals surface area contributed by atoms with Gasteiger partial charge in [0.15, 0.2) is 5.76 Å². The van der Waals surface area contributed by atoms with Crippen molar-refractivity contribution in [3.8, 4) is 0 Å². The third kappa shape index (κ3) is 2.96. The predicted octanol–water partition coefficient (Wildman–Crippen LogP) is 1.06. The van der Waals surface area contributed by atoms with Gasteiger partial charge in [0.1, 0.15) is 4.92 Å². The molecule has 0 aliphatic carbocycles.